The van der Waals surface area contributed by atoms with Gasteiger partial charge in [-0.15, -0.1) is 0 Å². The van der Waals surface area contributed by atoms with Gasteiger partial charge in [-0.05, 0) is 24.5 Å². The van der Waals surface area contributed by atoms with Crippen molar-refractivity contribution in [2.75, 3.05) is 13.1 Å². The lowest BCUT2D eigenvalue weighted by molar-refractivity contribution is -0.137. The molecule has 0 saturated carbocycles. The van der Waals surface area contributed by atoms with Gasteiger partial charge in [0.25, 0.3) is 0 Å². The van der Waals surface area contributed by atoms with Gasteiger partial charge in [-0.1, -0.05) is 30.3 Å². The molecular weight excluding hydrogens is 318 g/mol. The van der Waals surface area contributed by atoms with Gasteiger partial charge >= 0.3 is 5.97 Å². The molecule has 124 valence electrons. The minimum absolute atomic E-state index is 0.0667. The Balaban J connectivity index is 2.09. The van der Waals surface area contributed by atoms with Crippen LogP contribution < -0.4 is 0 Å². The van der Waals surface area contributed by atoms with Crippen LogP contribution in [-0.4, -0.2) is 36.9 Å². The number of benzene rings is 1. The van der Waals surface area contributed by atoms with Crippen LogP contribution in [0, 0.1) is 0 Å². The molecule has 1 N–H and O–H groups in total. The van der Waals surface area contributed by atoms with Crippen LogP contribution >= 0.6 is 0 Å². The minimum Gasteiger partial charge on any atom is -0.481 e. The lowest BCUT2D eigenvalue weighted by atomic mass is 10.1. The summed E-state index contributed by atoms with van der Waals surface area (Å²) < 4.78 is 31.4. The molecule has 0 fully saturated rings. The van der Waals surface area contributed by atoms with Gasteiger partial charge in [0.05, 0.1) is 6.26 Å². The Bertz CT molecular complexity index is 710. The SMILES string of the molecule is O=C(O)CCCN(CCc1ccccc1)S(=O)(=O)c1ccoc1. The van der Waals surface area contributed by atoms with Gasteiger partial charge in [-0.3, -0.25) is 4.79 Å². The molecule has 2 aromatic rings. The molecule has 0 aliphatic rings. The molecule has 1 heterocycles. The average Bonchev–Trinajstić information content (AvgIpc) is 3.06. The first kappa shape index (κ1) is 17.2. The summed E-state index contributed by atoms with van der Waals surface area (Å²) in [5, 5.41) is 8.74. The fourth-order valence-corrected chi connectivity index (χ4v) is 3.61. The standard InChI is InChI=1S/C16H19NO5S/c18-16(19)7-4-10-17(11-8-14-5-2-1-3-6-14)23(20,21)15-9-12-22-13-15/h1-3,5-6,9,12-13H,4,7-8,10-11H2,(H,18,19). The van der Waals surface area contributed by atoms with E-state index in [4.69, 9.17) is 9.52 Å². The Labute approximate surface area is 135 Å². The molecule has 0 saturated heterocycles. The number of rotatable bonds is 9. The lowest BCUT2D eigenvalue weighted by Gasteiger charge is -2.21. The van der Waals surface area contributed by atoms with Crippen molar-refractivity contribution in [3.05, 3.63) is 54.5 Å². The Kier molecular flexibility index (Phi) is 5.95. The zero-order valence-corrected chi connectivity index (χ0v) is 13.4. The highest BCUT2D eigenvalue weighted by molar-refractivity contribution is 7.89. The van der Waals surface area contributed by atoms with Gasteiger partial charge in [-0.25, -0.2) is 8.42 Å². The number of hydrogen-bond acceptors (Lipinski definition) is 4. The molecular formula is C16H19NO5S. The Morgan fingerprint density at radius 3 is 2.48 bits per heavy atom. The predicted octanol–water partition coefficient (Wildman–Crippen LogP) is 2.38. The maximum Gasteiger partial charge on any atom is 0.303 e. The summed E-state index contributed by atoms with van der Waals surface area (Å²) in [6, 6.07) is 10.9. The summed E-state index contributed by atoms with van der Waals surface area (Å²) in [4.78, 5) is 10.7. The quantitative estimate of drug-likeness (QED) is 0.759. The van der Waals surface area contributed by atoms with E-state index in [1.807, 2.05) is 30.3 Å². The summed E-state index contributed by atoms with van der Waals surface area (Å²) in [5.41, 5.74) is 1.03. The number of aliphatic carboxylic acids is 1. The Morgan fingerprint density at radius 2 is 1.87 bits per heavy atom. The van der Waals surface area contributed by atoms with Crippen LogP contribution in [0.5, 0.6) is 0 Å². The number of hydrogen-bond donors (Lipinski definition) is 1. The van der Waals surface area contributed by atoms with Crippen LogP contribution in [0.2, 0.25) is 0 Å². The van der Waals surface area contributed by atoms with E-state index >= 15 is 0 Å². The highest BCUT2D eigenvalue weighted by Crippen LogP contribution is 2.17. The van der Waals surface area contributed by atoms with Crippen LogP contribution in [0.4, 0.5) is 0 Å². The minimum atomic E-state index is -3.68. The van der Waals surface area contributed by atoms with Crippen LogP contribution in [0.15, 0.2) is 58.2 Å². The van der Waals surface area contributed by atoms with Crippen molar-refractivity contribution in [3.8, 4) is 0 Å². The summed E-state index contributed by atoms with van der Waals surface area (Å²) >= 11 is 0. The van der Waals surface area contributed by atoms with Crippen LogP contribution in [0.1, 0.15) is 18.4 Å². The van der Waals surface area contributed by atoms with E-state index in [9.17, 15) is 13.2 Å². The first-order valence-corrected chi connectivity index (χ1v) is 8.72. The van der Waals surface area contributed by atoms with Crippen molar-refractivity contribution in [2.24, 2.45) is 0 Å². The number of sulfonamides is 1. The third-order valence-electron chi connectivity index (χ3n) is 3.42. The number of carbonyl (C=O) groups is 1. The zero-order valence-electron chi connectivity index (χ0n) is 12.6. The predicted molar refractivity (Wildman–Crippen MR) is 84.5 cm³/mol. The van der Waals surface area contributed by atoms with Crippen molar-refractivity contribution >= 4 is 16.0 Å². The van der Waals surface area contributed by atoms with E-state index in [0.717, 1.165) is 5.56 Å². The van der Waals surface area contributed by atoms with Crippen LogP contribution in [0.3, 0.4) is 0 Å². The number of furan rings is 1. The normalized spacial score (nSPS) is 11.7. The maximum absolute atomic E-state index is 12.6. The van der Waals surface area contributed by atoms with E-state index < -0.39 is 16.0 Å². The van der Waals surface area contributed by atoms with Gasteiger partial charge in [-0.2, -0.15) is 4.31 Å². The number of carboxylic acid groups (broad SMARTS) is 1. The number of nitrogens with zero attached hydrogens (tertiary/aromatic N) is 1. The average molecular weight is 337 g/mol. The van der Waals surface area contributed by atoms with Gasteiger partial charge in [0, 0.05) is 19.5 Å². The fraction of sp³-hybridized carbons (Fsp3) is 0.312. The lowest BCUT2D eigenvalue weighted by Crippen LogP contribution is -2.34. The summed E-state index contributed by atoms with van der Waals surface area (Å²) in [5.74, 6) is -0.936. The van der Waals surface area contributed by atoms with Crippen molar-refractivity contribution in [1.29, 1.82) is 0 Å². The van der Waals surface area contributed by atoms with Gasteiger partial charge < -0.3 is 9.52 Å². The molecule has 1 aromatic carbocycles. The van der Waals surface area contributed by atoms with Gasteiger partial charge in [0.1, 0.15) is 11.2 Å². The van der Waals surface area contributed by atoms with E-state index in [1.165, 1.54) is 22.9 Å². The number of carboxylic acids is 1. The molecule has 2 rings (SSSR count). The molecule has 6 nitrogen and oxygen atoms in total. The molecule has 7 heteroatoms. The Morgan fingerprint density at radius 1 is 1.13 bits per heavy atom. The van der Waals surface area contributed by atoms with Crippen LogP contribution in [0.25, 0.3) is 0 Å². The van der Waals surface area contributed by atoms with Crippen molar-refractivity contribution < 1.29 is 22.7 Å². The fourth-order valence-electron chi connectivity index (χ4n) is 2.21. The molecule has 0 aliphatic heterocycles. The summed E-state index contributed by atoms with van der Waals surface area (Å²) in [6.45, 7) is 0.448. The van der Waals surface area contributed by atoms with E-state index in [-0.39, 0.29) is 30.8 Å². The van der Waals surface area contributed by atoms with Crippen molar-refractivity contribution in [2.45, 2.75) is 24.2 Å². The van der Waals surface area contributed by atoms with E-state index in [2.05, 4.69) is 0 Å². The summed E-state index contributed by atoms with van der Waals surface area (Å²) in [6.07, 6.45) is 3.25. The topological polar surface area (TPSA) is 87.8 Å². The highest BCUT2D eigenvalue weighted by atomic mass is 32.2. The second kappa shape index (κ2) is 7.94. The molecule has 0 aliphatic carbocycles. The first-order chi connectivity index (χ1) is 11.0. The van der Waals surface area contributed by atoms with E-state index in [1.54, 1.807) is 0 Å². The zero-order chi connectivity index (χ0) is 16.7. The molecule has 1 aromatic heterocycles. The molecule has 0 bridgehead atoms. The van der Waals surface area contributed by atoms with Gasteiger partial charge in [0.15, 0.2) is 0 Å². The van der Waals surface area contributed by atoms with E-state index in [0.29, 0.717) is 6.42 Å². The van der Waals surface area contributed by atoms with Gasteiger partial charge in [0.2, 0.25) is 10.0 Å². The summed E-state index contributed by atoms with van der Waals surface area (Å²) in [7, 11) is -3.68. The monoisotopic (exact) mass is 337 g/mol. The molecule has 0 unspecified atom stereocenters. The smallest absolute Gasteiger partial charge is 0.303 e. The van der Waals surface area contributed by atoms with Crippen molar-refractivity contribution in [3.63, 3.8) is 0 Å². The molecule has 0 radical (unpaired) electrons. The molecule has 0 amide bonds. The molecule has 23 heavy (non-hydrogen) atoms. The largest absolute Gasteiger partial charge is 0.481 e. The molecule has 0 spiro atoms. The van der Waals surface area contributed by atoms with Crippen LogP contribution in [-0.2, 0) is 21.2 Å². The third-order valence-corrected chi connectivity index (χ3v) is 5.30. The second-order valence-corrected chi connectivity index (χ2v) is 7.03. The highest BCUT2D eigenvalue weighted by Gasteiger charge is 2.25. The van der Waals surface area contributed by atoms with Crippen molar-refractivity contribution in [1.82, 2.24) is 4.31 Å². The maximum atomic E-state index is 12.6. The molecule has 0 atom stereocenters. The third kappa shape index (κ3) is 4.94. The second-order valence-electron chi connectivity index (χ2n) is 5.10. The Hall–Kier alpha value is -2.12. The first-order valence-electron chi connectivity index (χ1n) is 7.28.